The number of anilines is 1. The maximum Gasteiger partial charge on any atom is 0.274 e. The number of aryl methyl sites for hydroxylation is 1. The van der Waals surface area contributed by atoms with Crippen molar-refractivity contribution < 1.29 is 9.59 Å². The highest BCUT2D eigenvalue weighted by Crippen LogP contribution is 2.26. The molecule has 0 atom stereocenters. The Morgan fingerprint density at radius 2 is 1.75 bits per heavy atom. The standard InChI is InChI=1S/C27H35N7O2/c1-4-34-24-10-11-33(26(35)23-17-20(28-29-23)16-19(2)3)18-22(24)25(30-34)27(36)32-14-12-31(13-15-32)21-8-6-5-7-9-21/h5-9,17,19H,4,10-16,18H2,1-3H3,(H,28,29). The minimum atomic E-state index is -0.106. The van der Waals surface area contributed by atoms with Gasteiger partial charge in [0.15, 0.2) is 5.69 Å². The molecule has 3 aromatic rings. The first-order chi connectivity index (χ1) is 17.4. The first-order valence-corrected chi connectivity index (χ1v) is 13.0. The first kappa shape index (κ1) is 24.1. The molecule has 2 amide bonds. The number of nitrogens with zero attached hydrogens (tertiary/aromatic N) is 6. The molecular weight excluding hydrogens is 454 g/mol. The third-order valence-corrected chi connectivity index (χ3v) is 7.09. The predicted molar refractivity (Wildman–Crippen MR) is 138 cm³/mol. The molecule has 2 aliphatic rings. The number of benzene rings is 1. The summed E-state index contributed by atoms with van der Waals surface area (Å²) in [5.74, 6) is 0.333. The van der Waals surface area contributed by atoms with Crippen LogP contribution in [0.5, 0.6) is 0 Å². The van der Waals surface area contributed by atoms with Crippen molar-refractivity contribution in [3.63, 3.8) is 0 Å². The lowest BCUT2D eigenvalue weighted by Gasteiger charge is -2.36. The number of nitrogens with one attached hydrogen (secondary N) is 1. The van der Waals surface area contributed by atoms with Crippen LogP contribution in [0.3, 0.4) is 0 Å². The van der Waals surface area contributed by atoms with E-state index in [0.29, 0.717) is 56.5 Å². The molecule has 0 unspecified atom stereocenters. The summed E-state index contributed by atoms with van der Waals surface area (Å²) >= 11 is 0. The number of fused-ring (bicyclic) bond motifs is 1. The summed E-state index contributed by atoms with van der Waals surface area (Å²) < 4.78 is 1.93. The summed E-state index contributed by atoms with van der Waals surface area (Å²) in [5.41, 5.74) is 5.01. The van der Waals surface area contributed by atoms with Crippen LogP contribution in [0.4, 0.5) is 5.69 Å². The summed E-state index contributed by atoms with van der Waals surface area (Å²) in [7, 11) is 0. The van der Waals surface area contributed by atoms with E-state index in [-0.39, 0.29) is 11.8 Å². The topological polar surface area (TPSA) is 90.4 Å². The largest absolute Gasteiger partial charge is 0.368 e. The second kappa shape index (κ2) is 10.2. The maximum atomic E-state index is 13.6. The van der Waals surface area contributed by atoms with Gasteiger partial charge in [-0.3, -0.25) is 19.4 Å². The van der Waals surface area contributed by atoms with Gasteiger partial charge < -0.3 is 14.7 Å². The SMILES string of the molecule is CCn1nc(C(=O)N2CCN(c3ccccc3)CC2)c2c1CCN(C(=O)c1cc(CC(C)C)[nH]n1)C2. The van der Waals surface area contributed by atoms with Gasteiger partial charge in [0.2, 0.25) is 0 Å². The second-order valence-electron chi connectivity index (χ2n) is 10.1. The molecule has 2 aromatic heterocycles. The molecular formula is C27H35N7O2. The zero-order valence-electron chi connectivity index (χ0n) is 21.4. The van der Waals surface area contributed by atoms with E-state index in [2.05, 4.69) is 41.1 Å². The molecule has 4 heterocycles. The molecule has 0 aliphatic carbocycles. The van der Waals surface area contributed by atoms with E-state index in [1.807, 2.05) is 40.8 Å². The molecule has 0 radical (unpaired) electrons. The van der Waals surface area contributed by atoms with Crippen LogP contribution in [0.25, 0.3) is 0 Å². The lowest BCUT2D eigenvalue weighted by molar-refractivity contribution is 0.0706. The molecule has 190 valence electrons. The van der Waals surface area contributed by atoms with Crippen LogP contribution in [-0.4, -0.2) is 74.3 Å². The normalized spacial score (nSPS) is 15.9. The molecule has 0 bridgehead atoms. The Bertz CT molecular complexity index is 1220. The Morgan fingerprint density at radius 1 is 1.00 bits per heavy atom. The van der Waals surface area contributed by atoms with Crippen LogP contribution in [0.2, 0.25) is 0 Å². The molecule has 5 rings (SSSR count). The highest BCUT2D eigenvalue weighted by molar-refractivity contribution is 5.95. The van der Waals surface area contributed by atoms with Crippen molar-refractivity contribution in [1.29, 1.82) is 0 Å². The third kappa shape index (κ3) is 4.74. The van der Waals surface area contributed by atoms with Gasteiger partial charge in [-0.05, 0) is 37.5 Å². The lowest BCUT2D eigenvalue weighted by Crippen LogP contribution is -2.49. The average Bonchev–Trinajstić information content (AvgIpc) is 3.52. The number of hydrogen-bond donors (Lipinski definition) is 1. The fourth-order valence-corrected chi connectivity index (χ4v) is 5.23. The fourth-order valence-electron chi connectivity index (χ4n) is 5.23. The van der Waals surface area contributed by atoms with Crippen LogP contribution >= 0.6 is 0 Å². The van der Waals surface area contributed by atoms with E-state index in [4.69, 9.17) is 5.10 Å². The molecule has 36 heavy (non-hydrogen) atoms. The van der Waals surface area contributed by atoms with E-state index in [0.717, 1.165) is 36.5 Å². The summed E-state index contributed by atoms with van der Waals surface area (Å²) in [6.07, 6.45) is 1.53. The van der Waals surface area contributed by atoms with E-state index in [1.54, 1.807) is 4.90 Å². The lowest BCUT2D eigenvalue weighted by atomic mass is 10.0. The summed E-state index contributed by atoms with van der Waals surface area (Å²) in [6.45, 7) is 10.9. The number of amides is 2. The minimum Gasteiger partial charge on any atom is -0.368 e. The number of hydrogen-bond acceptors (Lipinski definition) is 5. The molecule has 1 N–H and O–H groups in total. The van der Waals surface area contributed by atoms with Crippen LogP contribution in [0.15, 0.2) is 36.4 Å². The van der Waals surface area contributed by atoms with Gasteiger partial charge in [-0.2, -0.15) is 10.2 Å². The number of aromatic amines is 1. The molecule has 9 nitrogen and oxygen atoms in total. The minimum absolute atomic E-state index is 0.0422. The molecule has 0 spiro atoms. The fraction of sp³-hybridized carbons (Fsp3) is 0.481. The maximum absolute atomic E-state index is 13.6. The van der Waals surface area contributed by atoms with Gasteiger partial charge in [-0.15, -0.1) is 0 Å². The van der Waals surface area contributed by atoms with Gasteiger partial charge in [-0.25, -0.2) is 0 Å². The first-order valence-electron chi connectivity index (χ1n) is 13.0. The molecule has 9 heteroatoms. The highest BCUT2D eigenvalue weighted by Gasteiger charge is 2.33. The molecule has 1 saturated heterocycles. The third-order valence-electron chi connectivity index (χ3n) is 7.09. The van der Waals surface area contributed by atoms with Crippen LogP contribution in [0.1, 0.15) is 58.7 Å². The van der Waals surface area contributed by atoms with Crippen molar-refractivity contribution in [3.8, 4) is 0 Å². The molecule has 1 aromatic carbocycles. The number of aromatic nitrogens is 4. The number of H-pyrrole nitrogens is 1. The number of carbonyl (C=O) groups is 2. The van der Waals surface area contributed by atoms with Crippen molar-refractivity contribution >= 4 is 17.5 Å². The van der Waals surface area contributed by atoms with Gasteiger partial charge in [0.1, 0.15) is 5.69 Å². The zero-order valence-corrected chi connectivity index (χ0v) is 21.4. The quantitative estimate of drug-likeness (QED) is 0.575. The highest BCUT2D eigenvalue weighted by atomic mass is 16.2. The van der Waals surface area contributed by atoms with E-state index in [9.17, 15) is 9.59 Å². The molecule has 0 saturated carbocycles. The summed E-state index contributed by atoms with van der Waals surface area (Å²) in [6, 6.07) is 12.2. The van der Waals surface area contributed by atoms with Gasteiger partial charge in [0.05, 0.1) is 6.54 Å². The van der Waals surface area contributed by atoms with Gasteiger partial charge >= 0.3 is 0 Å². The van der Waals surface area contributed by atoms with Crippen LogP contribution < -0.4 is 4.90 Å². The van der Waals surface area contributed by atoms with Gasteiger partial charge in [-0.1, -0.05) is 32.0 Å². The van der Waals surface area contributed by atoms with Crippen LogP contribution in [-0.2, 0) is 25.9 Å². The summed E-state index contributed by atoms with van der Waals surface area (Å²) in [4.78, 5) is 32.9. The number of para-hydroxylation sites is 1. The molecule has 1 fully saturated rings. The smallest absolute Gasteiger partial charge is 0.274 e. The number of rotatable bonds is 6. The van der Waals surface area contributed by atoms with Crippen molar-refractivity contribution in [2.45, 2.75) is 46.7 Å². The van der Waals surface area contributed by atoms with Crippen molar-refractivity contribution in [3.05, 3.63) is 64.7 Å². The number of carbonyl (C=O) groups excluding carboxylic acids is 2. The van der Waals surface area contributed by atoms with E-state index < -0.39 is 0 Å². The van der Waals surface area contributed by atoms with Crippen molar-refractivity contribution in [2.24, 2.45) is 5.92 Å². The van der Waals surface area contributed by atoms with Crippen molar-refractivity contribution in [2.75, 3.05) is 37.6 Å². The van der Waals surface area contributed by atoms with Crippen molar-refractivity contribution in [1.82, 2.24) is 29.8 Å². The molecule has 2 aliphatic heterocycles. The Kier molecular flexibility index (Phi) is 6.80. The average molecular weight is 490 g/mol. The Hall–Kier alpha value is -3.62. The predicted octanol–water partition coefficient (Wildman–Crippen LogP) is 2.99. The Morgan fingerprint density at radius 3 is 2.44 bits per heavy atom. The number of piperazine rings is 1. The Balaban J connectivity index is 1.31. The van der Waals surface area contributed by atoms with Crippen LogP contribution in [0, 0.1) is 5.92 Å². The second-order valence-corrected chi connectivity index (χ2v) is 10.1. The van der Waals surface area contributed by atoms with E-state index >= 15 is 0 Å². The Labute approximate surface area is 212 Å². The monoisotopic (exact) mass is 489 g/mol. The van der Waals surface area contributed by atoms with Gasteiger partial charge in [0, 0.05) is 68.3 Å². The zero-order chi connectivity index (χ0) is 25.2. The summed E-state index contributed by atoms with van der Waals surface area (Å²) in [5, 5.41) is 12.0. The van der Waals surface area contributed by atoms with Gasteiger partial charge in [0.25, 0.3) is 11.8 Å². The van der Waals surface area contributed by atoms with E-state index in [1.165, 1.54) is 5.69 Å².